The lowest BCUT2D eigenvalue weighted by atomic mass is 10.2. The van der Waals surface area contributed by atoms with Crippen LogP contribution in [0, 0.1) is 12.3 Å². The summed E-state index contributed by atoms with van der Waals surface area (Å²) in [5.74, 6) is 1.87. The predicted molar refractivity (Wildman–Crippen MR) is 72.1 cm³/mol. The van der Waals surface area contributed by atoms with Crippen molar-refractivity contribution in [3.63, 3.8) is 0 Å². The van der Waals surface area contributed by atoms with Crippen LogP contribution >= 0.6 is 11.8 Å². The molecule has 0 unspecified atom stereocenters. The lowest BCUT2D eigenvalue weighted by Gasteiger charge is -2.03. The maximum Gasteiger partial charge on any atom is 0.320 e. The number of esters is 1. The van der Waals surface area contributed by atoms with Crippen molar-refractivity contribution >= 4 is 23.6 Å². The number of carbonyl (C=O) groups excluding carboxylic acids is 2. The topological polar surface area (TPSA) is 55.4 Å². The van der Waals surface area contributed by atoms with Gasteiger partial charge in [-0.15, -0.1) is 18.2 Å². The first-order chi connectivity index (χ1) is 8.70. The van der Waals surface area contributed by atoms with Crippen LogP contribution in [-0.4, -0.2) is 35.5 Å². The fourth-order valence-corrected chi connectivity index (χ4v) is 2.36. The number of hydrogen-bond donors (Lipinski definition) is 1. The number of nitrogens with one attached hydrogen (secondary N) is 1. The molecule has 0 spiro atoms. The Bertz CT molecular complexity index is 338. The maximum absolute atomic E-state index is 11.6. The highest BCUT2D eigenvalue weighted by Crippen LogP contribution is 2.42. The zero-order chi connectivity index (χ0) is 13.4. The number of hydrogen-bond acceptors (Lipinski definition) is 4. The van der Waals surface area contributed by atoms with E-state index < -0.39 is 0 Å². The molecule has 4 nitrogen and oxygen atoms in total. The van der Waals surface area contributed by atoms with E-state index in [2.05, 4.69) is 18.2 Å². The number of ether oxygens (including phenoxy) is 1. The molecule has 100 valence electrons. The molecule has 1 amide bonds. The average Bonchev–Trinajstić information content (AvgIpc) is 3.15. The van der Waals surface area contributed by atoms with Crippen LogP contribution in [0.1, 0.15) is 32.6 Å². The summed E-state index contributed by atoms with van der Waals surface area (Å²) in [6, 6.07) is 0. The van der Waals surface area contributed by atoms with Crippen LogP contribution in [0.15, 0.2) is 0 Å². The van der Waals surface area contributed by atoms with Gasteiger partial charge in [-0.3, -0.25) is 9.59 Å². The van der Waals surface area contributed by atoms with E-state index in [0.29, 0.717) is 6.61 Å². The van der Waals surface area contributed by atoms with Crippen molar-refractivity contribution < 1.29 is 14.3 Å². The molecule has 0 saturated carbocycles. The molecular formula is C13H19NO3S. The van der Waals surface area contributed by atoms with E-state index >= 15 is 0 Å². The van der Waals surface area contributed by atoms with E-state index in [4.69, 9.17) is 11.2 Å². The highest BCUT2D eigenvalue weighted by molar-refractivity contribution is 8.09. The number of terminal acetylenes is 1. The van der Waals surface area contributed by atoms with E-state index in [1.807, 2.05) is 0 Å². The van der Waals surface area contributed by atoms with Crippen molar-refractivity contribution in [1.82, 2.24) is 5.32 Å². The molecule has 0 aromatic carbocycles. The molecule has 1 saturated heterocycles. The Morgan fingerprint density at radius 2 is 2.11 bits per heavy atom. The highest BCUT2D eigenvalue weighted by Gasteiger charge is 2.50. The summed E-state index contributed by atoms with van der Waals surface area (Å²) in [4.78, 5) is 23.0. The normalized spacial score (nSPS) is 20.9. The monoisotopic (exact) mass is 269 g/mol. The van der Waals surface area contributed by atoms with Gasteiger partial charge < -0.3 is 10.1 Å². The first-order valence-corrected chi connectivity index (χ1v) is 7.18. The van der Waals surface area contributed by atoms with Crippen LogP contribution in [0.4, 0.5) is 0 Å². The molecule has 0 radical (unpaired) electrons. The van der Waals surface area contributed by atoms with E-state index in [1.165, 1.54) is 11.8 Å². The van der Waals surface area contributed by atoms with Crippen molar-refractivity contribution in [2.24, 2.45) is 0 Å². The number of thioether (sulfide) groups is 1. The second-order valence-electron chi connectivity index (χ2n) is 4.13. The zero-order valence-corrected chi connectivity index (χ0v) is 11.4. The summed E-state index contributed by atoms with van der Waals surface area (Å²) in [5.41, 5.74) is 0. The largest absolute Gasteiger partial charge is 0.465 e. The van der Waals surface area contributed by atoms with Gasteiger partial charge in [0.05, 0.1) is 13.2 Å². The van der Waals surface area contributed by atoms with Gasteiger partial charge in [-0.25, -0.2) is 0 Å². The summed E-state index contributed by atoms with van der Waals surface area (Å²) >= 11 is 1.32. The summed E-state index contributed by atoms with van der Waals surface area (Å²) in [6.45, 7) is 2.79. The van der Waals surface area contributed by atoms with Crippen LogP contribution in [0.25, 0.3) is 0 Å². The van der Waals surface area contributed by atoms with Gasteiger partial charge in [-0.2, -0.15) is 0 Å². The van der Waals surface area contributed by atoms with Crippen molar-refractivity contribution in [2.75, 3.05) is 13.2 Å². The first-order valence-electron chi connectivity index (χ1n) is 6.24. The molecule has 1 rings (SSSR count). The van der Waals surface area contributed by atoms with Crippen LogP contribution in [0.5, 0.6) is 0 Å². The second kappa shape index (κ2) is 8.04. The molecule has 1 heterocycles. The molecular weight excluding hydrogens is 250 g/mol. The summed E-state index contributed by atoms with van der Waals surface area (Å²) < 4.78 is 5.12. The van der Waals surface area contributed by atoms with Gasteiger partial charge in [0.15, 0.2) is 0 Å². The zero-order valence-electron chi connectivity index (χ0n) is 10.6. The van der Waals surface area contributed by atoms with Gasteiger partial charge in [0, 0.05) is 0 Å². The third-order valence-corrected chi connectivity index (χ3v) is 3.81. The molecule has 0 aromatic heterocycles. The Hall–Kier alpha value is -1.15. The summed E-state index contributed by atoms with van der Waals surface area (Å²) in [5, 5.41) is 1.90. The molecule has 0 aliphatic carbocycles. The standard InChI is InChI=1S/C13H19NO3S/c1-3-5-6-7-9-17-13(16)11-10(18-11)12(15)14-8-4-2/h2,10-11H,3,5-9H2,1H3,(H,14,15)/t10-,11-/m1/s1. The molecule has 2 atom stereocenters. The van der Waals surface area contributed by atoms with Gasteiger partial charge in [0.2, 0.25) is 5.91 Å². The van der Waals surface area contributed by atoms with Gasteiger partial charge in [-0.1, -0.05) is 32.1 Å². The van der Waals surface area contributed by atoms with Crippen molar-refractivity contribution in [3.8, 4) is 12.3 Å². The van der Waals surface area contributed by atoms with Crippen LogP contribution < -0.4 is 5.32 Å². The number of rotatable bonds is 8. The third kappa shape index (κ3) is 5.01. The van der Waals surface area contributed by atoms with Gasteiger partial charge >= 0.3 is 5.97 Å². The van der Waals surface area contributed by atoms with Gasteiger partial charge in [-0.05, 0) is 6.42 Å². The Balaban J connectivity index is 2.10. The quantitative estimate of drug-likeness (QED) is 0.313. The molecule has 1 aliphatic rings. The number of amides is 1. The fraction of sp³-hybridized carbons (Fsp3) is 0.692. The molecule has 0 bridgehead atoms. The maximum atomic E-state index is 11.6. The Morgan fingerprint density at radius 3 is 2.78 bits per heavy atom. The molecule has 18 heavy (non-hydrogen) atoms. The van der Waals surface area contributed by atoms with Crippen LogP contribution in [-0.2, 0) is 14.3 Å². The predicted octanol–water partition coefficient (Wildman–Crippen LogP) is 1.34. The fourth-order valence-electron chi connectivity index (χ4n) is 1.51. The number of carbonyl (C=O) groups is 2. The van der Waals surface area contributed by atoms with Crippen molar-refractivity contribution in [3.05, 3.63) is 0 Å². The van der Waals surface area contributed by atoms with Crippen molar-refractivity contribution in [2.45, 2.75) is 43.1 Å². The summed E-state index contributed by atoms with van der Waals surface area (Å²) in [6.07, 6.45) is 9.32. The van der Waals surface area contributed by atoms with Gasteiger partial charge in [0.1, 0.15) is 10.5 Å². The lowest BCUT2D eigenvalue weighted by molar-refractivity contribution is -0.143. The smallest absolute Gasteiger partial charge is 0.320 e. The van der Waals surface area contributed by atoms with E-state index in [-0.39, 0.29) is 28.9 Å². The Labute approximate surface area is 112 Å². The minimum atomic E-state index is -0.339. The van der Waals surface area contributed by atoms with E-state index in [1.54, 1.807) is 0 Å². The molecule has 1 aliphatic heterocycles. The lowest BCUT2D eigenvalue weighted by Crippen LogP contribution is -2.30. The molecule has 1 N–H and O–H groups in total. The Morgan fingerprint density at radius 1 is 1.33 bits per heavy atom. The van der Waals surface area contributed by atoms with Crippen LogP contribution in [0.2, 0.25) is 0 Å². The van der Waals surface area contributed by atoms with Crippen molar-refractivity contribution in [1.29, 1.82) is 0 Å². The Kier molecular flexibility index (Phi) is 6.66. The van der Waals surface area contributed by atoms with Gasteiger partial charge in [0.25, 0.3) is 0 Å². The first kappa shape index (κ1) is 14.9. The SMILES string of the molecule is C#CCNC(=O)[C@@H]1S[C@H]1C(=O)OCCCCCC. The second-order valence-corrected chi connectivity index (χ2v) is 5.42. The third-order valence-electron chi connectivity index (χ3n) is 2.59. The summed E-state index contributed by atoms with van der Waals surface area (Å²) in [7, 11) is 0. The molecule has 5 heteroatoms. The van der Waals surface area contributed by atoms with Crippen LogP contribution in [0.3, 0.4) is 0 Å². The minimum absolute atomic E-state index is 0.175. The molecule has 1 fully saturated rings. The minimum Gasteiger partial charge on any atom is -0.465 e. The average molecular weight is 269 g/mol. The highest BCUT2D eigenvalue weighted by atomic mass is 32.2. The molecule has 0 aromatic rings. The van der Waals surface area contributed by atoms with E-state index in [9.17, 15) is 9.59 Å². The number of unbranched alkanes of at least 4 members (excludes halogenated alkanes) is 3. The van der Waals surface area contributed by atoms with E-state index in [0.717, 1.165) is 25.7 Å².